The number of aromatic nitrogens is 4. The summed E-state index contributed by atoms with van der Waals surface area (Å²) in [5, 5.41) is 0. The van der Waals surface area contributed by atoms with Crippen LogP contribution in [0.1, 0.15) is 22.7 Å². The maximum absolute atomic E-state index is 14.0. The zero-order valence-electron chi connectivity index (χ0n) is 14.3. The lowest BCUT2D eigenvalue weighted by atomic mass is 10.2. The molecule has 0 saturated carbocycles. The van der Waals surface area contributed by atoms with Gasteiger partial charge in [-0.25, -0.2) is 19.3 Å². The number of aryl methyl sites for hydroxylation is 1. The summed E-state index contributed by atoms with van der Waals surface area (Å²) in [7, 11) is 3.58. The van der Waals surface area contributed by atoms with E-state index in [1.807, 2.05) is 22.7 Å². The molecule has 2 aromatic heterocycles. The monoisotopic (exact) mass is 347 g/mol. The lowest BCUT2D eigenvalue weighted by Crippen LogP contribution is -2.41. The average Bonchev–Trinajstić information content (AvgIpc) is 3.13. The molecule has 1 aliphatic rings. The second-order valence-electron chi connectivity index (χ2n) is 6.35. The number of anilines is 1. The van der Waals surface area contributed by atoms with Gasteiger partial charge < -0.3 is 15.2 Å². The number of halogens is 1. The minimum Gasteiger partial charge on any atom is -0.382 e. The van der Waals surface area contributed by atoms with Crippen molar-refractivity contribution in [2.24, 2.45) is 7.05 Å². The lowest BCUT2D eigenvalue weighted by Gasteiger charge is -2.28. The van der Waals surface area contributed by atoms with Gasteiger partial charge in [0.15, 0.2) is 11.5 Å². The van der Waals surface area contributed by atoms with Crippen LogP contribution in [0, 0.1) is 0 Å². The number of hydrogen-bond acceptors (Lipinski definition) is 6. The Morgan fingerprint density at radius 2 is 2.12 bits per heavy atom. The second-order valence-corrected chi connectivity index (χ2v) is 6.35. The van der Waals surface area contributed by atoms with Crippen LogP contribution >= 0.6 is 0 Å². The van der Waals surface area contributed by atoms with E-state index in [2.05, 4.69) is 15.0 Å². The van der Waals surface area contributed by atoms with Crippen molar-refractivity contribution in [1.82, 2.24) is 29.3 Å². The van der Waals surface area contributed by atoms with Gasteiger partial charge in [-0.05, 0) is 6.42 Å². The number of imidazole rings is 1. The highest BCUT2D eigenvalue weighted by Crippen LogP contribution is 2.23. The summed E-state index contributed by atoms with van der Waals surface area (Å²) in [5.74, 6) is 0.648. The van der Waals surface area contributed by atoms with Gasteiger partial charge in [-0.1, -0.05) is 0 Å². The molecule has 3 rings (SSSR count). The van der Waals surface area contributed by atoms with Gasteiger partial charge >= 0.3 is 0 Å². The first-order valence-electron chi connectivity index (χ1n) is 8.12. The molecule has 3 heterocycles. The predicted octanol–water partition coefficient (Wildman–Crippen LogP) is 0.477. The number of alkyl halides is 1. The zero-order chi connectivity index (χ0) is 18.0. The molecule has 0 unspecified atom stereocenters. The first-order valence-corrected chi connectivity index (χ1v) is 8.12. The number of rotatable bonds is 5. The summed E-state index contributed by atoms with van der Waals surface area (Å²) in [6.45, 7) is 1.27. The first kappa shape index (κ1) is 17.3. The third-order valence-electron chi connectivity index (χ3n) is 4.50. The Morgan fingerprint density at radius 3 is 2.80 bits per heavy atom. The van der Waals surface area contributed by atoms with Crippen LogP contribution < -0.4 is 5.73 Å². The summed E-state index contributed by atoms with van der Waals surface area (Å²) in [6, 6.07) is -0.0847. The fourth-order valence-electron chi connectivity index (χ4n) is 3.13. The third-order valence-corrected chi connectivity index (χ3v) is 4.50. The van der Waals surface area contributed by atoms with Crippen molar-refractivity contribution in [2.45, 2.75) is 25.2 Å². The highest BCUT2D eigenvalue weighted by molar-refractivity contribution is 5.96. The predicted molar refractivity (Wildman–Crippen MR) is 90.3 cm³/mol. The number of carbonyl (C=O) groups excluding carboxylic acids is 1. The van der Waals surface area contributed by atoms with Crippen LogP contribution in [0.4, 0.5) is 10.2 Å². The van der Waals surface area contributed by atoms with Gasteiger partial charge in [0, 0.05) is 58.0 Å². The standard InChI is InChI=1S/C16H22FN7O/c1-22-6-5-19-13(22)10-24-8-11(17)7-12(24)9-23(2)16(25)14-15(18)21-4-3-20-14/h3-6,11-12H,7-10H2,1-2H3,(H2,18,21)/t11-,12-/m0/s1. The molecule has 0 aromatic carbocycles. The molecule has 25 heavy (non-hydrogen) atoms. The van der Waals surface area contributed by atoms with Crippen LogP contribution in [-0.4, -0.2) is 67.6 Å². The van der Waals surface area contributed by atoms with Crippen LogP contribution in [0.25, 0.3) is 0 Å². The Balaban J connectivity index is 1.68. The first-order chi connectivity index (χ1) is 12.0. The van der Waals surface area contributed by atoms with Crippen molar-refractivity contribution in [2.75, 3.05) is 25.9 Å². The highest BCUT2D eigenvalue weighted by Gasteiger charge is 2.34. The molecule has 2 atom stereocenters. The largest absolute Gasteiger partial charge is 0.382 e. The number of nitrogens with zero attached hydrogens (tertiary/aromatic N) is 6. The molecule has 0 aliphatic carbocycles. The van der Waals surface area contributed by atoms with E-state index < -0.39 is 6.17 Å². The molecule has 1 aliphatic heterocycles. The molecular formula is C16H22FN7O. The van der Waals surface area contributed by atoms with Gasteiger partial charge in [0.25, 0.3) is 5.91 Å². The Hall–Kier alpha value is -2.55. The smallest absolute Gasteiger partial charge is 0.276 e. The summed E-state index contributed by atoms with van der Waals surface area (Å²) in [6.07, 6.45) is 5.93. The molecule has 9 heteroatoms. The van der Waals surface area contributed by atoms with Gasteiger partial charge in [0.2, 0.25) is 0 Å². The summed E-state index contributed by atoms with van der Waals surface area (Å²) in [5.41, 5.74) is 5.84. The van der Waals surface area contributed by atoms with Crippen molar-refractivity contribution >= 4 is 11.7 Å². The topological polar surface area (TPSA) is 93.2 Å². The van der Waals surface area contributed by atoms with E-state index in [1.54, 1.807) is 13.2 Å². The minimum absolute atomic E-state index is 0.0847. The third kappa shape index (κ3) is 3.76. The van der Waals surface area contributed by atoms with Gasteiger partial charge in [-0.3, -0.25) is 9.69 Å². The number of hydrogen-bond donors (Lipinski definition) is 1. The lowest BCUT2D eigenvalue weighted by molar-refractivity contribution is 0.0743. The Bertz CT molecular complexity index is 750. The maximum Gasteiger partial charge on any atom is 0.276 e. The number of nitrogens with two attached hydrogens (primary N) is 1. The van der Waals surface area contributed by atoms with Crippen molar-refractivity contribution < 1.29 is 9.18 Å². The van der Waals surface area contributed by atoms with E-state index in [0.29, 0.717) is 26.1 Å². The van der Waals surface area contributed by atoms with E-state index in [4.69, 9.17) is 5.73 Å². The molecule has 1 amide bonds. The van der Waals surface area contributed by atoms with Crippen molar-refractivity contribution in [3.05, 3.63) is 36.3 Å². The highest BCUT2D eigenvalue weighted by atomic mass is 19.1. The molecule has 1 fully saturated rings. The number of likely N-dealkylation sites (N-methyl/N-ethyl adjacent to an activating group) is 1. The molecule has 134 valence electrons. The van der Waals surface area contributed by atoms with Crippen molar-refractivity contribution in [3.8, 4) is 0 Å². The normalized spacial score (nSPS) is 20.8. The zero-order valence-corrected chi connectivity index (χ0v) is 14.3. The summed E-state index contributed by atoms with van der Waals surface area (Å²) >= 11 is 0. The van der Waals surface area contributed by atoms with Crippen molar-refractivity contribution in [3.63, 3.8) is 0 Å². The average molecular weight is 347 g/mol. The van der Waals surface area contributed by atoms with Crippen LogP contribution in [0.3, 0.4) is 0 Å². The molecule has 1 saturated heterocycles. The quantitative estimate of drug-likeness (QED) is 0.845. The fraction of sp³-hybridized carbons (Fsp3) is 0.500. The van der Waals surface area contributed by atoms with Gasteiger partial charge in [-0.2, -0.15) is 0 Å². The van der Waals surface area contributed by atoms with E-state index in [1.165, 1.54) is 17.3 Å². The molecule has 8 nitrogen and oxygen atoms in total. The molecule has 0 radical (unpaired) electrons. The number of likely N-dealkylation sites (tertiary alicyclic amines) is 1. The van der Waals surface area contributed by atoms with Crippen LogP contribution in [-0.2, 0) is 13.6 Å². The molecule has 0 bridgehead atoms. The molecule has 2 aromatic rings. The van der Waals surface area contributed by atoms with E-state index in [9.17, 15) is 9.18 Å². The van der Waals surface area contributed by atoms with Crippen molar-refractivity contribution in [1.29, 1.82) is 0 Å². The van der Waals surface area contributed by atoms with Gasteiger partial charge in [0.1, 0.15) is 12.0 Å². The number of carbonyl (C=O) groups is 1. The summed E-state index contributed by atoms with van der Waals surface area (Å²) in [4.78, 5) is 28.3. The fourth-order valence-corrected chi connectivity index (χ4v) is 3.13. The number of amides is 1. The molecular weight excluding hydrogens is 325 g/mol. The Kier molecular flexibility index (Phi) is 4.93. The van der Waals surface area contributed by atoms with Crippen LogP contribution in [0.5, 0.6) is 0 Å². The Labute approximate surface area is 145 Å². The van der Waals surface area contributed by atoms with Crippen LogP contribution in [0.15, 0.2) is 24.8 Å². The second kappa shape index (κ2) is 7.14. The van der Waals surface area contributed by atoms with Gasteiger partial charge in [-0.15, -0.1) is 0 Å². The minimum atomic E-state index is -0.907. The van der Waals surface area contributed by atoms with E-state index >= 15 is 0 Å². The SMILES string of the molecule is CN(C[C@@H]1C[C@H](F)CN1Cc1nccn1C)C(=O)c1nccnc1N. The number of nitrogen functional groups attached to an aromatic ring is 1. The van der Waals surface area contributed by atoms with E-state index in [0.717, 1.165) is 5.82 Å². The summed E-state index contributed by atoms with van der Waals surface area (Å²) < 4.78 is 15.9. The Morgan fingerprint density at radius 1 is 1.36 bits per heavy atom. The van der Waals surface area contributed by atoms with Crippen LogP contribution in [0.2, 0.25) is 0 Å². The molecule has 2 N–H and O–H groups in total. The maximum atomic E-state index is 14.0. The molecule has 0 spiro atoms. The van der Waals surface area contributed by atoms with E-state index in [-0.39, 0.29) is 23.5 Å². The van der Waals surface area contributed by atoms with Gasteiger partial charge in [0.05, 0.1) is 6.54 Å².